The summed E-state index contributed by atoms with van der Waals surface area (Å²) in [7, 11) is 0. The van der Waals surface area contributed by atoms with Gasteiger partial charge in [-0.05, 0) is 30.3 Å². The van der Waals surface area contributed by atoms with E-state index in [1.54, 1.807) is 24.3 Å². The predicted molar refractivity (Wildman–Crippen MR) is 85.4 cm³/mol. The van der Waals surface area contributed by atoms with E-state index in [-0.39, 0.29) is 5.78 Å². The van der Waals surface area contributed by atoms with E-state index >= 15 is 0 Å². The first-order valence-corrected chi connectivity index (χ1v) is 7.34. The number of halogens is 2. The average molecular weight is 349 g/mol. The van der Waals surface area contributed by atoms with Crippen LogP contribution in [0.25, 0.3) is 10.9 Å². The number of hydrogen-bond donors (Lipinski definition) is 0. The van der Waals surface area contributed by atoms with Crippen LogP contribution in [0.3, 0.4) is 0 Å². The molecule has 3 aromatic rings. The van der Waals surface area contributed by atoms with Crippen molar-refractivity contribution in [3.05, 3.63) is 69.8 Å². The van der Waals surface area contributed by atoms with Crippen molar-refractivity contribution in [3.63, 3.8) is 0 Å². The molecule has 0 amide bonds. The Morgan fingerprint density at radius 2 is 1.95 bits per heavy atom. The first-order chi connectivity index (χ1) is 9.65. The van der Waals surface area contributed by atoms with Crippen molar-refractivity contribution < 1.29 is 4.79 Å². The molecular weight excluding hydrogens is 338 g/mol. The molecule has 20 heavy (non-hydrogen) atoms. The van der Waals surface area contributed by atoms with Crippen LogP contribution in [0.5, 0.6) is 0 Å². The smallest absolute Gasteiger partial charge is 0.182 e. The van der Waals surface area contributed by atoms with Gasteiger partial charge in [0, 0.05) is 32.2 Å². The molecule has 0 bridgehead atoms. The van der Waals surface area contributed by atoms with Gasteiger partial charge in [-0.1, -0.05) is 45.7 Å². The van der Waals surface area contributed by atoms with Crippen LogP contribution in [0.2, 0.25) is 5.02 Å². The van der Waals surface area contributed by atoms with Gasteiger partial charge in [-0.2, -0.15) is 0 Å². The van der Waals surface area contributed by atoms with Crippen molar-refractivity contribution in [2.45, 2.75) is 6.54 Å². The monoisotopic (exact) mass is 347 g/mol. The molecule has 0 fully saturated rings. The van der Waals surface area contributed by atoms with E-state index in [9.17, 15) is 4.79 Å². The molecule has 0 atom stereocenters. The summed E-state index contributed by atoms with van der Waals surface area (Å²) < 4.78 is 2.98. The van der Waals surface area contributed by atoms with Gasteiger partial charge in [-0.25, -0.2) is 0 Å². The highest BCUT2D eigenvalue weighted by molar-refractivity contribution is 9.10. The number of benzene rings is 2. The van der Waals surface area contributed by atoms with E-state index in [1.165, 1.54) is 0 Å². The summed E-state index contributed by atoms with van der Waals surface area (Å²) in [6, 6.07) is 15.0. The topological polar surface area (TPSA) is 22.0 Å². The second-order valence-corrected chi connectivity index (χ2v) is 5.84. The molecule has 3 rings (SSSR count). The maximum atomic E-state index is 12.3. The third-order valence-electron chi connectivity index (χ3n) is 3.22. The lowest BCUT2D eigenvalue weighted by atomic mass is 10.1. The maximum Gasteiger partial charge on any atom is 0.182 e. The first kappa shape index (κ1) is 13.4. The number of carbonyl (C=O) groups excluding carboxylic acids is 1. The molecule has 0 aliphatic rings. The Hall–Kier alpha value is -1.58. The highest BCUT2D eigenvalue weighted by atomic mass is 79.9. The highest BCUT2D eigenvalue weighted by Gasteiger charge is 2.10. The van der Waals surface area contributed by atoms with E-state index in [4.69, 9.17) is 11.6 Å². The molecule has 1 heterocycles. The number of carbonyl (C=O) groups is 1. The molecule has 0 saturated heterocycles. The zero-order chi connectivity index (χ0) is 14.1. The summed E-state index contributed by atoms with van der Waals surface area (Å²) in [5.41, 5.74) is 1.67. The van der Waals surface area contributed by atoms with Gasteiger partial charge < -0.3 is 4.57 Å². The fraction of sp³-hybridized carbons (Fsp3) is 0.0625. The Labute approximate surface area is 130 Å². The Morgan fingerprint density at radius 3 is 2.75 bits per heavy atom. The Kier molecular flexibility index (Phi) is 3.64. The van der Waals surface area contributed by atoms with E-state index in [1.807, 2.05) is 35.0 Å². The Morgan fingerprint density at radius 1 is 1.15 bits per heavy atom. The first-order valence-electron chi connectivity index (χ1n) is 6.17. The second-order valence-electron chi connectivity index (χ2n) is 4.55. The van der Waals surface area contributed by atoms with Crippen LogP contribution in [0.1, 0.15) is 10.4 Å². The molecule has 4 heteroatoms. The van der Waals surface area contributed by atoms with Crippen molar-refractivity contribution in [1.29, 1.82) is 0 Å². The molecule has 0 saturated carbocycles. The molecule has 2 nitrogen and oxygen atoms in total. The third-order valence-corrected chi connectivity index (χ3v) is 4.15. The van der Waals surface area contributed by atoms with Gasteiger partial charge in [-0.3, -0.25) is 4.79 Å². The van der Waals surface area contributed by atoms with Crippen LogP contribution in [0.4, 0.5) is 0 Å². The molecule has 0 aliphatic heterocycles. The van der Waals surface area contributed by atoms with Crippen LogP contribution < -0.4 is 0 Å². The van der Waals surface area contributed by atoms with Crippen LogP contribution in [0.15, 0.2) is 59.2 Å². The van der Waals surface area contributed by atoms with E-state index < -0.39 is 0 Å². The van der Waals surface area contributed by atoms with E-state index in [2.05, 4.69) is 15.9 Å². The van der Waals surface area contributed by atoms with Crippen molar-refractivity contribution in [1.82, 2.24) is 4.57 Å². The van der Waals surface area contributed by atoms with Gasteiger partial charge in [0.15, 0.2) is 5.78 Å². The predicted octanol–water partition coefficient (Wildman–Crippen LogP) is 4.94. The quantitative estimate of drug-likeness (QED) is 0.614. The van der Waals surface area contributed by atoms with Crippen molar-refractivity contribution in [2.24, 2.45) is 0 Å². The number of ketones is 1. The number of nitrogens with zero attached hydrogens (tertiary/aromatic N) is 1. The lowest BCUT2D eigenvalue weighted by Gasteiger charge is -2.05. The van der Waals surface area contributed by atoms with Crippen LogP contribution in [0, 0.1) is 0 Å². The van der Waals surface area contributed by atoms with Gasteiger partial charge in [0.2, 0.25) is 0 Å². The number of fused-ring (bicyclic) bond motifs is 1. The van der Waals surface area contributed by atoms with Gasteiger partial charge in [0.25, 0.3) is 0 Å². The van der Waals surface area contributed by atoms with Crippen LogP contribution >= 0.6 is 27.5 Å². The minimum absolute atomic E-state index is 0.0463. The average Bonchev–Trinajstić information content (AvgIpc) is 2.83. The minimum atomic E-state index is 0.0463. The lowest BCUT2D eigenvalue weighted by Crippen LogP contribution is -2.09. The minimum Gasteiger partial charge on any atom is -0.340 e. The van der Waals surface area contributed by atoms with Gasteiger partial charge in [-0.15, -0.1) is 0 Å². The van der Waals surface area contributed by atoms with Gasteiger partial charge in [0.05, 0.1) is 6.54 Å². The number of Topliss-reactive ketones (excluding diaryl/α,β-unsaturated/α-hetero) is 1. The molecule has 0 spiro atoms. The third kappa shape index (κ3) is 2.51. The zero-order valence-corrected chi connectivity index (χ0v) is 12.9. The highest BCUT2D eigenvalue weighted by Crippen LogP contribution is 2.25. The van der Waals surface area contributed by atoms with E-state index in [0.29, 0.717) is 17.1 Å². The summed E-state index contributed by atoms with van der Waals surface area (Å²) in [6.07, 6.45) is 1.93. The number of aromatic nitrogens is 1. The molecule has 2 aromatic carbocycles. The van der Waals surface area contributed by atoms with Crippen molar-refractivity contribution in [3.8, 4) is 0 Å². The SMILES string of the molecule is O=C(Cn1ccc2c(Br)cccc21)c1cccc(Cl)c1. The molecule has 0 radical (unpaired) electrons. The number of hydrogen-bond acceptors (Lipinski definition) is 1. The fourth-order valence-electron chi connectivity index (χ4n) is 2.23. The summed E-state index contributed by atoms with van der Waals surface area (Å²) in [4.78, 5) is 12.3. The van der Waals surface area contributed by atoms with Gasteiger partial charge in [0.1, 0.15) is 0 Å². The molecule has 1 aromatic heterocycles. The standard InChI is InChI=1S/C16H11BrClNO/c17-14-5-2-6-15-13(14)7-8-19(15)10-16(20)11-3-1-4-12(18)9-11/h1-9H,10H2. The van der Waals surface area contributed by atoms with Crippen molar-refractivity contribution in [2.75, 3.05) is 0 Å². The molecule has 0 unspecified atom stereocenters. The zero-order valence-electron chi connectivity index (χ0n) is 10.5. The summed E-state index contributed by atoms with van der Waals surface area (Å²) >= 11 is 9.44. The van der Waals surface area contributed by atoms with Crippen molar-refractivity contribution >= 4 is 44.2 Å². The molecule has 0 aliphatic carbocycles. The summed E-state index contributed by atoms with van der Waals surface area (Å²) in [5, 5.41) is 1.68. The summed E-state index contributed by atoms with van der Waals surface area (Å²) in [5.74, 6) is 0.0463. The fourth-order valence-corrected chi connectivity index (χ4v) is 2.91. The summed E-state index contributed by atoms with van der Waals surface area (Å²) in [6.45, 7) is 0.306. The largest absolute Gasteiger partial charge is 0.340 e. The van der Waals surface area contributed by atoms with Crippen LogP contribution in [-0.4, -0.2) is 10.4 Å². The second kappa shape index (κ2) is 5.43. The normalized spacial score (nSPS) is 10.9. The van der Waals surface area contributed by atoms with E-state index in [0.717, 1.165) is 15.4 Å². The maximum absolute atomic E-state index is 12.3. The number of rotatable bonds is 3. The molecular formula is C16H11BrClNO. The molecule has 100 valence electrons. The Balaban J connectivity index is 1.94. The molecule has 0 N–H and O–H groups in total. The lowest BCUT2D eigenvalue weighted by molar-refractivity contribution is 0.0973. The van der Waals surface area contributed by atoms with Gasteiger partial charge >= 0.3 is 0 Å². The van der Waals surface area contributed by atoms with Crippen LogP contribution in [-0.2, 0) is 6.54 Å². The Bertz CT molecular complexity index is 794.